The fourth-order valence-electron chi connectivity index (χ4n) is 4.33. The number of hydrogen-bond donors (Lipinski definition) is 0. The predicted octanol–water partition coefficient (Wildman–Crippen LogP) is 5.63. The molecule has 3 nitrogen and oxygen atoms in total. The van der Waals surface area contributed by atoms with Crippen LogP contribution in [0.1, 0.15) is 82.6 Å². The molecule has 0 heterocycles. The van der Waals surface area contributed by atoms with Crippen molar-refractivity contribution in [2.24, 2.45) is 5.92 Å². The molecule has 2 aliphatic carbocycles. The molecule has 25 heavy (non-hydrogen) atoms. The van der Waals surface area contributed by atoms with Gasteiger partial charge in [-0.05, 0) is 44.1 Å². The van der Waals surface area contributed by atoms with Crippen LogP contribution in [-0.2, 0) is 9.53 Å². The van der Waals surface area contributed by atoms with Crippen molar-refractivity contribution in [3.05, 3.63) is 29.8 Å². The molecule has 0 radical (unpaired) electrons. The first-order chi connectivity index (χ1) is 12.3. The average Bonchev–Trinajstić information content (AvgIpc) is 2.68. The first-order valence-corrected chi connectivity index (χ1v) is 10.2. The molecule has 3 heteroatoms. The number of ether oxygens (including phenoxy) is 2. The standard InChI is InChI=1S/C22H32O3/c1-2-22(23)25-21-15-9-7-13-19(21)18-12-6-8-14-20(18)24-16-17-10-4-3-5-11-17/h6,8,12,14,17,19,21H,2-5,7,9-11,13,15-16H2,1H3. The van der Waals surface area contributed by atoms with Gasteiger partial charge in [0.1, 0.15) is 11.9 Å². The smallest absolute Gasteiger partial charge is 0.305 e. The van der Waals surface area contributed by atoms with Crippen LogP contribution < -0.4 is 4.74 Å². The van der Waals surface area contributed by atoms with Crippen LogP contribution in [0, 0.1) is 5.92 Å². The Labute approximate surface area is 152 Å². The Kier molecular flexibility index (Phi) is 6.77. The van der Waals surface area contributed by atoms with Crippen LogP contribution in [0.2, 0.25) is 0 Å². The predicted molar refractivity (Wildman–Crippen MR) is 99.9 cm³/mol. The summed E-state index contributed by atoms with van der Waals surface area (Å²) in [5.74, 6) is 1.88. The number of para-hydroxylation sites is 1. The van der Waals surface area contributed by atoms with Gasteiger partial charge in [-0.3, -0.25) is 4.79 Å². The summed E-state index contributed by atoms with van der Waals surface area (Å²) in [5, 5.41) is 0. The maximum Gasteiger partial charge on any atom is 0.305 e. The van der Waals surface area contributed by atoms with Gasteiger partial charge in [0.25, 0.3) is 0 Å². The number of hydrogen-bond acceptors (Lipinski definition) is 3. The van der Waals surface area contributed by atoms with Crippen molar-refractivity contribution in [3.8, 4) is 5.75 Å². The lowest BCUT2D eigenvalue weighted by molar-refractivity contribution is -0.151. The minimum absolute atomic E-state index is 0.000584. The molecule has 0 saturated heterocycles. The number of benzene rings is 1. The Balaban J connectivity index is 1.70. The highest BCUT2D eigenvalue weighted by Crippen LogP contribution is 2.39. The van der Waals surface area contributed by atoms with Gasteiger partial charge in [-0.2, -0.15) is 0 Å². The van der Waals surface area contributed by atoms with Gasteiger partial charge >= 0.3 is 5.97 Å². The Morgan fingerprint density at radius 3 is 2.52 bits per heavy atom. The normalized spacial score (nSPS) is 24.7. The Morgan fingerprint density at radius 2 is 1.72 bits per heavy atom. The quantitative estimate of drug-likeness (QED) is 0.628. The summed E-state index contributed by atoms with van der Waals surface area (Å²) in [7, 11) is 0. The molecule has 1 aromatic rings. The van der Waals surface area contributed by atoms with E-state index in [9.17, 15) is 4.79 Å². The van der Waals surface area contributed by atoms with Crippen molar-refractivity contribution < 1.29 is 14.3 Å². The lowest BCUT2D eigenvalue weighted by Gasteiger charge is -2.32. The van der Waals surface area contributed by atoms with Gasteiger partial charge in [-0.25, -0.2) is 0 Å². The summed E-state index contributed by atoms with van der Waals surface area (Å²) in [6.07, 6.45) is 11.5. The van der Waals surface area contributed by atoms with Crippen molar-refractivity contribution in [1.82, 2.24) is 0 Å². The molecule has 0 bridgehead atoms. The van der Waals surface area contributed by atoms with E-state index in [-0.39, 0.29) is 18.0 Å². The Bertz CT molecular complexity index is 548. The Hall–Kier alpha value is -1.51. The fourth-order valence-corrected chi connectivity index (χ4v) is 4.33. The molecule has 3 rings (SSSR count). The van der Waals surface area contributed by atoms with Crippen molar-refractivity contribution >= 4 is 5.97 Å². The van der Waals surface area contributed by atoms with Crippen LogP contribution in [0.25, 0.3) is 0 Å². The van der Waals surface area contributed by atoms with E-state index < -0.39 is 0 Å². The minimum atomic E-state index is -0.0856. The molecule has 2 fully saturated rings. The van der Waals surface area contributed by atoms with E-state index in [2.05, 4.69) is 24.3 Å². The molecule has 138 valence electrons. The summed E-state index contributed by atoms with van der Waals surface area (Å²) in [4.78, 5) is 11.8. The molecule has 1 aromatic carbocycles. The fraction of sp³-hybridized carbons (Fsp3) is 0.682. The lowest BCUT2D eigenvalue weighted by atomic mass is 9.81. The van der Waals surface area contributed by atoms with Gasteiger partial charge in [0.2, 0.25) is 0 Å². The molecule has 0 aliphatic heterocycles. The summed E-state index contributed by atoms with van der Waals surface area (Å²) in [5.41, 5.74) is 1.23. The SMILES string of the molecule is CCC(=O)OC1CCCCC1c1ccccc1OCC1CCCCC1. The van der Waals surface area contributed by atoms with Gasteiger partial charge in [0.05, 0.1) is 6.61 Å². The van der Waals surface area contributed by atoms with E-state index in [0.29, 0.717) is 12.3 Å². The maximum atomic E-state index is 11.8. The van der Waals surface area contributed by atoms with E-state index in [1.807, 2.05) is 6.92 Å². The molecule has 0 spiro atoms. The summed E-state index contributed by atoms with van der Waals surface area (Å²) in [6.45, 7) is 2.69. The second-order valence-electron chi connectivity index (χ2n) is 7.63. The van der Waals surface area contributed by atoms with Crippen LogP contribution in [0.15, 0.2) is 24.3 Å². The average molecular weight is 344 g/mol. The molecular formula is C22H32O3. The lowest BCUT2D eigenvalue weighted by Crippen LogP contribution is -2.29. The minimum Gasteiger partial charge on any atom is -0.493 e. The highest BCUT2D eigenvalue weighted by molar-refractivity contribution is 5.69. The van der Waals surface area contributed by atoms with Gasteiger partial charge in [-0.1, -0.05) is 50.8 Å². The van der Waals surface area contributed by atoms with E-state index in [0.717, 1.165) is 31.6 Å². The van der Waals surface area contributed by atoms with E-state index in [4.69, 9.17) is 9.47 Å². The van der Waals surface area contributed by atoms with E-state index >= 15 is 0 Å². The first-order valence-electron chi connectivity index (χ1n) is 10.2. The Morgan fingerprint density at radius 1 is 1.00 bits per heavy atom. The molecule has 0 N–H and O–H groups in total. The number of carbonyl (C=O) groups is 1. The van der Waals surface area contributed by atoms with Crippen molar-refractivity contribution in [1.29, 1.82) is 0 Å². The molecule has 2 saturated carbocycles. The van der Waals surface area contributed by atoms with E-state index in [1.54, 1.807) is 0 Å². The molecular weight excluding hydrogens is 312 g/mol. The molecule has 0 aromatic heterocycles. The van der Waals surface area contributed by atoms with Crippen molar-refractivity contribution in [2.45, 2.75) is 83.2 Å². The zero-order valence-electron chi connectivity index (χ0n) is 15.5. The van der Waals surface area contributed by atoms with Crippen LogP contribution in [-0.4, -0.2) is 18.7 Å². The third-order valence-corrected chi connectivity index (χ3v) is 5.79. The molecule has 2 aliphatic rings. The maximum absolute atomic E-state index is 11.8. The number of rotatable bonds is 6. The van der Waals surface area contributed by atoms with Crippen LogP contribution in [0.3, 0.4) is 0 Å². The van der Waals surface area contributed by atoms with Gasteiger partial charge in [0, 0.05) is 17.9 Å². The first kappa shape index (κ1) is 18.3. The summed E-state index contributed by atoms with van der Waals surface area (Å²) < 4.78 is 12.0. The van der Waals surface area contributed by atoms with Crippen LogP contribution in [0.5, 0.6) is 5.75 Å². The van der Waals surface area contributed by atoms with E-state index in [1.165, 1.54) is 44.1 Å². The van der Waals surface area contributed by atoms with Gasteiger partial charge < -0.3 is 9.47 Å². The zero-order valence-corrected chi connectivity index (χ0v) is 15.5. The van der Waals surface area contributed by atoms with Crippen molar-refractivity contribution in [2.75, 3.05) is 6.61 Å². The number of esters is 1. The highest BCUT2D eigenvalue weighted by atomic mass is 16.5. The monoisotopic (exact) mass is 344 g/mol. The van der Waals surface area contributed by atoms with Crippen LogP contribution in [0.4, 0.5) is 0 Å². The topological polar surface area (TPSA) is 35.5 Å². The second-order valence-corrected chi connectivity index (χ2v) is 7.63. The molecule has 2 unspecified atom stereocenters. The summed E-state index contributed by atoms with van der Waals surface area (Å²) in [6, 6.07) is 8.39. The molecule has 2 atom stereocenters. The molecule has 0 amide bonds. The number of carbonyl (C=O) groups excluding carboxylic acids is 1. The van der Waals surface area contributed by atoms with Crippen LogP contribution >= 0.6 is 0 Å². The van der Waals surface area contributed by atoms with Crippen molar-refractivity contribution in [3.63, 3.8) is 0 Å². The third kappa shape index (κ3) is 4.99. The third-order valence-electron chi connectivity index (χ3n) is 5.79. The second kappa shape index (κ2) is 9.26. The van der Waals surface area contributed by atoms with Gasteiger partial charge in [-0.15, -0.1) is 0 Å². The zero-order chi connectivity index (χ0) is 17.5. The summed E-state index contributed by atoms with van der Waals surface area (Å²) >= 11 is 0. The largest absolute Gasteiger partial charge is 0.493 e. The van der Waals surface area contributed by atoms with Gasteiger partial charge in [0.15, 0.2) is 0 Å². The highest BCUT2D eigenvalue weighted by Gasteiger charge is 2.31.